The van der Waals surface area contributed by atoms with Crippen molar-refractivity contribution in [1.29, 1.82) is 0 Å². The molecule has 1 atom stereocenters. The predicted octanol–water partition coefficient (Wildman–Crippen LogP) is 5.16. The van der Waals surface area contributed by atoms with Gasteiger partial charge in [-0.25, -0.2) is 9.48 Å². The molecule has 0 aromatic carbocycles. The monoisotopic (exact) mass is 319 g/mol. The van der Waals surface area contributed by atoms with E-state index in [0.29, 0.717) is 5.92 Å². The summed E-state index contributed by atoms with van der Waals surface area (Å²) in [6.45, 7) is 18.6. The molecule has 0 aromatic rings. The maximum Gasteiger partial charge on any atom is 0.188 e. The standard InChI is InChI=1S/C15H35OSSi2/c1-11-15(14(4,5)6,17(7,8)18)16-19(9,10)12-13(2)3/h13H,11-12H2,1-10H3. The van der Waals surface area contributed by atoms with Crippen molar-refractivity contribution in [2.24, 2.45) is 11.3 Å². The van der Waals surface area contributed by atoms with E-state index in [1.54, 1.807) is 0 Å². The molecule has 0 heterocycles. The molecule has 0 N–H and O–H groups in total. The van der Waals surface area contributed by atoms with E-state index in [9.17, 15) is 0 Å². The molecule has 0 aromatic heterocycles. The summed E-state index contributed by atoms with van der Waals surface area (Å²) in [5, 5.41) is 0. The van der Waals surface area contributed by atoms with Crippen LogP contribution >= 0.6 is 9.48 Å². The van der Waals surface area contributed by atoms with Gasteiger partial charge in [-0.15, -0.1) is 0 Å². The second kappa shape index (κ2) is 6.24. The SMILES string of the molecule is CCC(O[Si](C)(C)CC(C)C)(C(C)(C)C)S(C)(C)[Si]. The second-order valence-corrected chi connectivity index (χ2v) is 18.6. The number of hydrogen-bond donors (Lipinski definition) is 0. The van der Waals surface area contributed by atoms with Gasteiger partial charge in [0.25, 0.3) is 0 Å². The normalized spacial score (nSPS) is 18.5. The molecule has 0 aliphatic carbocycles. The van der Waals surface area contributed by atoms with Crippen LogP contribution in [0.4, 0.5) is 0 Å². The average molecular weight is 320 g/mol. The highest BCUT2D eigenvalue weighted by molar-refractivity contribution is 8.50. The maximum absolute atomic E-state index is 6.94. The van der Waals surface area contributed by atoms with Gasteiger partial charge in [-0.2, -0.15) is 0 Å². The van der Waals surface area contributed by atoms with E-state index >= 15 is 0 Å². The Hall–Kier alpha value is 0.744. The fraction of sp³-hybridized carbons (Fsp3) is 1.00. The van der Waals surface area contributed by atoms with E-state index < -0.39 is 17.8 Å². The van der Waals surface area contributed by atoms with E-state index in [2.05, 4.69) is 76.5 Å². The number of rotatable bonds is 6. The smallest absolute Gasteiger partial charge is 0.188 e. The molecule has 115 valence electrons. The van der Waals surface area contributed by atoms with Crippen molar-refractivity contribution in [1.82, 2.24) is 0 Å². The van der Waals surface area contributed by atoms with Gasteiger partial charge < -0.3 is 4.43 Å². The summed E-state index contributed by atoms with van der Waals surface area (Å²) in [5.74, 6) is 0.712. The Balaban J connectivity index is 5.53. The van der Waals surface area contributed by atoms with E-state index in [0.717, 1.165) is 6.42 Å². The van der Waals surface area contributed by atoms with E-state index in [1.165, 1.54) is 6.04 Å². The highest BCUT2D eigenvalue weighted by atomic mass is 32.4. The first-order valence-electron chi connectivity index (χ1n) is 7.36. The first-order valence-corrected chi connectivity index (χ1v) is 14.1. The largest absolute Gasteiger partial charge is 0.404 e. The van der Waals surface area contributed by atoms with Crippen molar-refractivity contribution < 1.29 is 4.43 Å². The van der Waals surface area contributed by atoms with Gasteiger partial charge in [0.1, 0.15) is 0 Å². The summed E-state index contributed by atoms with van der Waals surface area (Å²) < 4.78 is 6.94. The van der Waals surface area contributed by atoms with Crippen LogP contribution in [0.3, 0.4) is 0 Å². The minimum absolute atomic E-state index is 0.0541. The highest BCUT2D eigenvalue weighted by Gasteiger charge is 2.50. The Morgan fingerprint density at radius 1 is 1.16 bits per heavy atom. The van der Waals surface area contributed by atoms with Crippen LogP contribution in [0, 0.1) is 11.3 Å². The van der Waals surface area contributed by atoms with Crippen LogP contribution in [0.5, 0.6) is 0 Å². The van der Waals surface area contributed by atoms with E-state index in [1.807, 2.05) is 0 Å². The van der Waals surface area contributed by atoms with Crippen LogP contribution in [0.2, 0.25) is 19.1 Å². The molecule has 1 unspecified atom stereocenters. The molecule has 0 saturated carbocycles. The fourth-order valence-electron chi connectivity index (χ4n) is 3.46. The molecule has 0 spiro atoms. The van der Waals surface area contributed by atoms with Crippen molar-refractivity contribution in [3.05, 3.63) is 0 Å². The molecular weight excluding hydrogens is 284 g/mol. The Morgan fingerprint density at radius 3 is 1.79 bits per heavy atom. The Bertz CT molecular complexity index is 274. The Labute approximate surface area is 127 Å². The Kier molecular flexibility index (Phi) is 6.49. The molecule has 3 radical (unpaired) electrons. The molecule has 1 nitrogen and oxygen atoms in total. The number of hydrogen-bond acceptors (Lipinski definition) is 1. The molecule has 0 fully saturated rings. The van der Waals surface area contributed by atoms with Crippen molar-refractivity contribution in [2.45, 2.75) is 72.0 Å². The van der Waals surface area contributed by atoms with E-state index in [4.69, 9.17) is 4.43 Å². The van der Waals surface area contributed by atoms with Crippen LogP contribution in [0.25, 0.3) is 0 Å². The van der Waals surface area contributed by atoms with Crippen LogP contribution < -0.4 is 0 Å². The van der Waals surface area contributed by atoms with Gasteiger partial charge in [0, 0.05) is 0 Å². The zero-order valence-electron chi connectivity index (χ0n) is 14.8. The van der Waals surface area contributed by atoms with Crippen LogP contribution in [0.15, 0.2) is 0 Å². The highest BCUT2D eigenvalue weighted by Crippen LogP contribution is 2.61. The van der Waals surface area contributed by atoms with Gasteiger partial charge in [-0.1, -0.05) is 41.5 Å². The minimum atomic E-state index is -1.65. The molecule has 0 rings (SSSR count). The lowest BCUT2D eigenvalue weighted by atomic mass is 9.87. The third-order valence-electron chi connectivity index (χ3n) is 3.77. The zero-order valence-corrected chi connectivity index (χ0v) is 17.6. The van der Waals surface area contributed by atoms with Gasteiger partial charge >= 0.3 is 0 Å². The molecule has 0 bridgehead atoms. The van der Waals surface area contributed by atoms with Crippen molar-refractivity contribution >= 4 is 27.2 Å². The first-order chi connectivity index (χ1) is 8.18. The van der Waals surface area contributed by atoms with Gasteiger partial charge in [0.05, 0.1) is 14.3 Å². The molecular formula is C15H35OSSi2. The van der Waals surface area contributed by atoms with Crippen molar-refractivity contribution in [2.75, 3.05) is 12.5 Å². The minimum Gasteiger partial charge on any atom is -0.404 e. The van der Waals surface area contributed by atoms with Gasteiger partial charge in [-0.3, -0.25) is 0 Å². The fourth-order valence-corrected chi connectivity index (χ4v) is 12.3. The van der Waals surface area contributed by atoms with Gasteiger partial charge in [-0.05, 0) is 49.4 Å². The molecule has 4 heteroatoms. The first kappa shape index (κ1) is 19.7. The summed E-state index contributed by atoms with van der Waals surface area (Å²) >= 11 is 0. The van der Waals surface area contributed by atoms with E-state index in [-0.39, 0.29) is 10.3 Å². The molecule has 0 saturated heterocycles. The van der Waals surface area contributed by atoms with Crippen LogP contribution in [0.1, 0.15) is 48.0 Å². The predicted molar refractivity (Wildman–Crippen MR) is 95.9 cm³/mol. The Morgan fingerprint density at radius 2 is 1.58 bits per heavy atom. The van der Waals surface area contributed by atoms with Crippen LogP contribution in [-0.2, 0) is 4.43 Å². The third kappa shape index (κ3) is 4.90. The molecule has 19 heavy (non-hydrogen) atoms. The topological polar surface area (TPSA) is 9.23 Å². The molecule has 0 aliphatic rings. The third-order valence-corrected chi connectivity index (χ3v) is 10.2. The quantitative estimate of drug-likeness (QED) is 0.614. The lowest BCUT2D eigenvalue weighted by molar-refractivity contribution is 0.0374. The van der Waals surface area contributed by atoms with Gasteiger partial charge in [0.2, 0.25) is 0 Å². The average Bonchev–Trinajstić information content (AvgIpc) is 2.07. The second-order valence-electron chi connectivity index (χ2n) is 8.14. The zero-order chi connectivity index (χ0) is 15.7. The summed E-state index contributed by atoms with van der Waals surface area (Å²) in [4.78, 5) is -0.0541. The van der Waals surface area contributed by atoms with Crippen molar-refractivity contribution in [3.8, 4) is 0 Å². The van der Waals surface area contributed by atoms with Crippen molar-refractivity contribution in [3.63, 3.8) is 0 Å². The van der Waals surface area contributed by atoms with Gasteiger partial charge in [0.15, 0.2) is 8.32 Å². The lowest BCUT2D eigenvalue weighted by Gasteiger charge is -2.59. The summed E-state index contributed by atoms with van der Waals surface area (Å²) in [6.07, 6.45) is 5.73. The lowest BCUT2D eigenvalue weighted by Crippen LogP contribution is -2.55. The summed E-state index contributed by atoms with van der Waals surface area (Å²) in [7, 11) is 1.42. The maximum atomic E-state index is 6.94. The van der Waals surface area contributed by atoms with Crippen LogP contribution in [-0.4, -0.2) is 35.2 Å². The summed E-state index contributed by atoms with van der Waals surface area (Å²) in [5.41, 5.74) is 0.142. The molecule has 0 amide bonds. The molecule has 0 aliphatic heterocycles. The summed E-state index contributed by atoms with van der Waals surface area (Å²) in [6, 6.07) is 1.23.